The van der Waals surface area contributed by atoms with Crippen molar-refractivity contribution < 1.29 is 0 Å². The van der Waals surface area contributed by atoms with Crippen molar-refractivity contribution in [1.82, 2.24) is 9.55 Å². The summed E-state index contributed by atoms with van der Waals surface area (Å²) in [6.45, 7) is 2.19. The van der Waals surface area contributed by atoms with Crippen molar-refractivity contribution in [1.29, 1.82) is 0 Å². The van der Waals surface area contributed by atoms with Crippen molar-refractivity contribution in [2.75, 3.05) is 0 Å². The fourth-order valence-corrected chi connectivity index (χ4v) is 1.75. The van der Waals surface area contributed by atoms with Crippen molar-refractivity contribution >= 4 is 0 Å². The molecule has 2 rings (SSSR count). The lowest BCUT2D eigenvalue weighted by atomic mass is 10.0. The molecule has 2 aromatic rings. The van der Waals surface area contributed by atoms with Gasteiger partial charge in [0.25, 0.3) is 0 Å². The lowest BCUT2D eigenvalue weighted by Gasteiger charge is -2.16. The fourth-order valence-electron chi connectivity index (χ4n) is 1.75. The Balaban J connectivity index is 2.31. The Bertz CT molecular complexity index is 364. The Hall–Kier alpha value is -1.57. The van der Waals surface area contributed by atoms with Crippen LogP contribution in [0.5, 0.6) is 0 Å². The predicted octanol–water partition coefficient (Wildman–Crippen LogP) is 2.88. The zero-order valence-electron chi connectivity index (χ0n) is 8.30. The highest BCUT2D eigenvalue weighted by Gasteiger charge is 2.09. The van der Waals surface area contributed by atoms with E-state index >= 15 is 0 Å². The first-order chi connectivity index (χ1) is 6.92. The number of hydrogen-bond donors (Lipinski definition) is 0. The van der Waals surface area contributed by atoms with Gasteiger partial charge in [0.1, 0.15) is 0 Å². The van der Waals surface area contributed by atoms with E-state index in [0.717, 1.165) is 6.42 Å². The maximum Gasteiger partial charge on any atom is 0.0951 e. The molecule has 0 saturated heterocycles. The topological polar surface area (TPSA) is 17.8 Å². The zero-order valence-corrected chi connectivity index (χ0v) is 8.30. The van der Waals surface area contributed by atoms with Crippen LogP contribution in [0, 0.1) is 0 Å². The third-order valence-corrected chi connectivity index (χ3v) is 2.46. The third-order valence-electron chi connectivity index (χ3n) is 2.46. The van der Waals surface area contributed by atoms with Crippen molar-refractivity contribution in [2.45, 2.75) is 19.4 Å². The van der Waals surface area contributed by atoms with Crippen molar-refractivity contribution in [3.63, 3.8) is 0 Å². The highest BCUT2D eigenvalue weighted by molar-refractivity contribution is 5.19. The van der Waals surface area contributed by atoms with Crippen LogP contribution in [0.4, 0.5) is 0 Å². The molecule has 14 heavy (non-hydrogen) atoms. The Morgan fingerprint density at radius 2 is 2.07 bits per heavy atom. The van der Waals surface area contributed by atoms with Gasteiger partial charge in [-0.3, -0.25) is 0 Å². The number of benzene rings is 1. The van der Waals surface area contributed by atoms with Crippen molar-refractivity contribution in [3.05, 3.63) is 54.6 Å². The molecule has 0 spiro atoms. The maximum atomic E-state index is 4.08. The Labute approximate surface area is 84.2 Å². The van der Waals surface area contributed by atoms with Crippen LogP contribution in [0.3, 0.4) is 0 Å². The van der Waals surface area contributed by atoms with Crippen LogP contribution in [0.2, 0.25) is 0 Å². The molecule has 0 aliphatic carbocycles. The number of rotatable bonds is 3. The van der Waals surface area contributed by atoms with Gasteiger partial charge >= 0.3 is 0 Å². The lowest BCUT2D eigenvalue weighted by Crippen LogP contribution is -2.07. The van der Waals surface area contributed by atoms with E-state index in [1.165, 1.54) is 5.56 Å². The minimum atomic E-state index is 0.415. The van der Waals surface area contributed by atoms with Gasteiger partial charge in [-0.25, -0.2) is 4.98 Å². The standard InChI is InChI=1S/C12H14N2/c1-2-12(14-9-8-13-10-14)11-6-4-3-5-7-11/h3-10,12H,2H2,1H3. The lowest BCUT2D eigenvalue weighted by molar-refractivity contribution is 0.566. The van der Waals surface area contributed by atoms with Gasteiger partial charge in [-0.1, -0.05) is 37.3 Å². The summed E-state index contributed by atoms with van der Waals surface area (Å²) in [5, 5.41) is 0. The number of nitrogens with zero attached hydrogens (tertiary/aromatic N) is 2. The quantitative estimate of drug-likeness (QED) is 0.720. The van der Waals surface area contributed by atoms with Gasteiger partial charge < -0.3 is 4.57 Å². The van der Waals surface area contributed by atoms with Gasteiger partial charge in [0, 0.05) is 12.4 Å². The Morgan fingerprint density at radius 3 is 2.64 bits per heavy atom. The molecule has 0 saturated carbocycles. The van der Waals surface area contributed by atoms with E-state index < -0.39 is 0 Å². The summed E-state index contributed by atoms with van der Waals surface area (Å²) in [6, 6.07) is 10.9. The van der Waals surface area contributed by atoms with Crippen LogP contribution in [-0.2, 0) is 0 Å². The SMILES string of the molecule is CCC(c1ccccc1)n1ccnc1. The second kappa shape index (κ2) is 4.09. The molecular formula is C12H14N2. The second-order valence-corrected chi connectivity index (χ2v) is 3.34. The van der Waals surface area contributed by atoms with E-state index in [9.17, 15) is 0 Å². The average molecular weight is 186 g/mol. The van der Waals surface area contributed by atoms with E-state index in [1.807, 2.05) is 24.8 Å². The highest BCUT2D eigenvalue weighted by Crippen LogP contribution is 2.20. The van der Waals surface area contributed by atoms with E-state index in [1.54, 1.807) is 0 Å². The molecule has 2 heteroatoms. The predicted molar refractivity (Wildman–Crippen MR) is 57.1 cm³/mol. The van der Waals surface area contributed by atoms with Gasteiger partial charge in [-0.2, -0.15) is 0 Å². The summed E-state index contributed by atoms with van der Waals surface area (Å²) in [5.74, 6) is 0. The van der Waals surface area contributed by atoms with E-state index in [-0.39, 0.29) is 0 Å². The molecule has 1 aromatic carbocycles. The van der Waals surface area contributed by atoms with Gasteiger partial charge in [-0.15, -0.1) is 0 Å². The van der Waals surface area contributed by atoms with Gasteiger partial charge in [0.15, 0.2) is 0 Å². The molecule has 1 atom stereocenters. The number of imidazole rings is 1. The molecule has 1 aromatic heterocycles. The maximum absolute atomic E-state index is 4.08. The van der Waals surface area contributed by atoms with Crippen LogP contribution in [-0.4, -0.2) is 9.55 Å². The monoisotopic (exact) mass is 186 g/mol. The van der Waals surface area contributed by atoms with E-state index in [2.05, 4.69) is 40.7 Å². The highest BCUT2D eigenvalue weighted by atomic mass is 15.0. The summed E-state index contributed by atoms with van der Waals surface area (Å²) >= 11 is 0. The summed E-state index contributed by atoms with van der Waals surface area (Å²) in [7, 11) is 0. The normalized spacial score (nSPS) is 12.6. The summed E-state index contributed by atoms with van der Waals surface area (Å²) in [5.41, 5.74) is 1.34. The second-order valence-electron chi connectivity index (χ2n) is 3.34. The van der Waals surface area contributed by atoms with Crippen LogP contribution in [0.25, 0.3) is 0 Å². The summed E-state index contributed by atoms with van der Waals surface area (Å²) < 4.78 is 2.15. The van der Waals surface area contributed by atoms with Crippen molar-refractivity contribution in [3.8, 4) is 0 Å². The molecule has 0 radical (unpaired) electrons. The van der Waals surface area contributed by atoms with Gasteiger partial charge in [0.2, 0.25) is 0 Å². The first kappa shape index (κ1) is 9.00. The number of aromatic nitrogens is 2. The van der Waals surface area contributed by atoms with Crippen LogP contribution in [0.1, 0.15) is 24.9 Å². The first-order valence-corrected chi connectivity index (χ1v) is 4.94. The van der Waals surface area contributed by atoms with Crippen LogP contribution in [0.15, 0.2) is 49.1 Å². The molecule has 0 N–H and O–H groups in total. The molecule has 0 aliphatic heterocycles. The minimum absolute atomic E-state index is 0.415. The fraction of sp³-hybridized carbons (Fsp3) is 0.250. The summed E-state index contributed by atoms with van der Waals surface area (Å²) in [4.78, 5) is 4.08. The molecule has 0 amide bonds. The summed E-state index contributed by atoms with van der Waals surface area (Å²) in [6.07, 6.45) is 6.80. The van der Waals surface area contributed by atoms with E-state index in [0.29, 0.717) is 6.04 Å². The van der Waals surface area contributed by atoms with Crippen LogP contribution < -0.4 is 0 Å². The Kier molecular flexibility index (Phi) is 2.63. The molecule has 2 nitrogen and oxygen atoms in total. The van der Waals surface area contributed by atoms with Crippen molar-refractivity contribution in [2.24, 2.45) is 0 Å². The first-order valence-electron chi connectivity index (χ1n) is 4.94. The molecule has 72 valence electrons. The molecular weight excluding hydrogens is 172 g/mol. The zero-order chi connectivity index (χ0) is 9.80. The minimum Gasteiger partial charge on any atom is -0.330 e. The molecule has 1 unspecified atom stereocenters. The van der Waals surface area contributed by atoms with Gasteiger partial charge in [-0.05, 0) is 12.0 Å². The third kappa shape index (κ3) is 1.69. The van der Waals surface area contributed by atoms with E-state index in [4.69, 9.17) is 0 Å². The van der Waals surface area contributed by atoms with Gasteiger partial charge in [0.05, 0.1) is 12.4 Å². The smallest absolute Gasteiger partial charge is 0.0951 e. The number of hydrogen-bond acceptors (Lipinski definition) is 1. The molecule has 0 bridgehead atoms. The van der Waals surface area contributed by atoms with Crippen LogP contribution >= 0.6 is 0 Å². The molecule has 0 aliphatic rings. The molecule has 0 fully saturated rings. The molecule has 1 heterocycles. The largest absolute Gasteiger partial charge is 0.330 e. The Morgan fingerprint density at radius 1 is 1.29 bits per heavy atom. The average Bonchev–Trinajstić information content (AvgIpc) is 2.74.